The fourth-order valence-electron chi connectivity index (χ4n) is 3.77. The van der Waals surface area contributed by atoms with Crippen LogP contribution in [0.4, 0.5) is 0 Å². The Bertz CT molecular complexity index is 1060. The lowest BCUT2D eigenvalue weighted by Crippen LogP contribution is -2.70. The third kappa shape index (κ3) is 5.53. The van der Waals surface area contributed by atoms with Crippen LogP contribution < -0.4 is 5.32 Å². The minimum absolute atomic E-state index is 0.0924. The molecule has 2 aliphatic heterocycles. The first-order chi connectivity index (χ1) is 17.0. The van der Waals surface area contributed by atoms with Gasteiger partial charge in [0.25, 0.3) is 5.91 Å². The molecule has 1 fully saturated rings. The molecule has 3 rings (SSSR count). The zero-order valence-corrected chi connectivity index (χ0v) is 19.8. The number of thioether (sulfide) groups is 1. The maximum Gasteiger partial charge on any atom is 0.352 e. The van der Waals surface area contributed by atoms with Crippen LogP contribution in [-0.4, -0.2) is 113 Å². The molecule has 1 saturated heterocycles. The first kappa shape index (κ1) is 27.6. The Balaban J connectivity index is 1.79. The Labute approximate surface area is 209 Å². The van der Waals surface area contributed by atoms with Crippen molar-refractivity contribution in [2.45, 2.75) is 48.8 Å². The molecule has 0 radical (unpaired) electrons. The second-order valence-corrected chi connectivity index (χ2v) is 9.45. The molecule has 1 aromatic rings. The SMILES string of the molecule is CC1=C(C(=O)O)N2C(=O)[C@@H](NC(=O)[C@H](N=C[C@H](O)[C@@H](O)[C@H](O)[C@H](O)CO)c3ccc(O)cc3)[C@H]2SC1. The number of phenols is 1. The number of aliphatic imine (C=N–C) groups is 1. The molecule has 0 saturated carbocycles. The smallest absolute Gasteiger partial charge is 0.352 e. The maximum absolute atomic E-state index is 13.1. The predicted octanol–water partition coefficient (Wildman–Crippen LogP) is -2.30. The van der Waals surface area contributed by atoms with E-state index in [0.717, 1.165) is 11.1 Å². The number of β-lactam (4-membered cyclic amide) rings is 1. The lowest BCUT2D eigenvalue weighted by Gasteiger charge is -2.49. The third-order valence-electron chi connectivity index (χ3n) is 5.79. The third-order valence-corrected chi connectivity index (χ3v) is 7.21. The highest BCUT2D eigenvalue weighted by Crippen LogP contribution is 2.40. The van der Waals surface area contributed by atoms with Gasteiger partial charge in [-0.15, -0.1) is 11.8 Å². The fourth-order valence-corrected chi connectivity index (χ4v) is 5.06. The zero-order valence-electron chi connectivity index (χ0n) is 19.0. The van der Waals surface area contributed by atoms with E-state index in [9.17, 15) is 45.0 Å². The summed E-state index contributed by atoms with van der Waals surface area (Å²) in [5, 5.41) is 69.2. The molecule has 1 aromatic carbocycles. The Morgan fingerprint density at radius 1 is 1.19 bits per heavy atom. The summed E-state index contributed by atoms with van der Waals surface area (Å²) in [4.78, 5) is 42.5. The van der Waals surface area contributed by atoms with Gasteiger partial charge >= 0.3 is 5.97 Å². The number of nitrogens with one attached hydrogen (secondary N) is 1. The van der Waals surface area contributed by atoms with Gasteiger partial charge < -0.3 is 41.1 Å². The lowest BCUT2D eigenvalue weighted by molar-refractivity contribution is -0.150. The number of benzene rings is 1. The topological polar surface area (TPSA) is 220 Å². The second kappa shape index (κ2) is 11.4. The lowest BCUT2D eigenvalue weighted by atomic mass is 10.0. The second-order valence-electron chi connectivity index (χ2n) is 8.34. The number of hydrogen-bond acceptors (Lipinski definition) is 11. The molecule has 2 aliphatic rings. The molecule has 196 valence electrons. The fraction of sp³-hybridized carbons (Fsp3) is 0.455. The summed E-state index contributed by atoms with van der Waals surface area (Å²) in [5.41, 5.74) is 0.652. The van der Waals surface area contributed by atoms with Crippen molar-refractivity contribution in [3.63, 3.8) is 0 Å². The van der Waals surface area contributed by atoms with Crippen LogP contribution in [-0.2, 0) is 14.4 Å². The average molecular weight is 526 g/mol. The number of aliphatic hydroxyl groups is 5. The van der Waals surface area contributed by atoms with E-state index in [1.54, 1.807) is 6.92 Å². The van der Waals surface area contributed by atoms with E-state index in [1.807, 2.05) is 0 Å². The van der Waals surface area contributed by atoms with Crippen molar-refractivity contribution in [2.24, 2.45) is 4.99 Å². The van der Waals surface area contributed by atoms with Gasteiger partial charge in [0.1, 0.15) is 47.3 Å². The quantitative estimate of drug-likeness (QED) is 0.120. The zero-order chi connectivity index (χ0) is 26.7. The van der Waals surface area contributed by atoms with Crippen molar-refractivity contribution in [3.05, 3.63) is 41.1 Å². The molecule has 0 unspecified atom stereocenters. The van der Waals surface area contributed by atoms with Gasteiger partial charge in [0.15, 0.2) is 6.04 Å². The Kier molecular flexibility index (Phi) is 8.71. The number of hydrogen-bond donors (Lipinski definition) is 8. The number of phenolic OH excluding ortho intramolecular Hbond substituents is 1. The van der Waals surface area contributed by atoms with Crippen LogP contribution in [0.5, 0.6) is 5.75 Å². The van der Waals surface area contributed by atoms with E-state index in [0.29, 0.717) is 11.3 Å². The Morgan fingerprint density at radius 2 is 1.83 bits per heavy atom. The number of aliphatic hydroxyl groups excluding tert-OH is 5. The summed E-state index contributed by atoms with van der Waals surface area (Å²) >= 11 is 1.29. The summed E-state index contributed by atoms with van der Waals surface area (Å²) in [6, 6.07) is 2.94. The molecule has 14 heteroatoms. The summed E-state index contributed by atoms with van der Waals surface area (Å²) in [6.07, 6.45) is -6.64. The van der Waals surface area contributed by atoms with Crippen LogP contribution >= 0.6 is 11.8 Å². The van der Waals surface area contributed by atoms with Crippen molar-refractivity contribution in [1.82, 2.24) is 10.2 Å². The first-order valence-electron chi connectivity index (χ1n) is 10.8. The van der Waals surface area contributed by atoms with Crippen molar-refractivity contribution in [2.75, 3.05) is 12.4 Å². The van der Waals surface area contributed by atoms with Crippen LogP contribution in [0, 0.1) is 0 Å². The number of amides is 2. The number of aliphatic carboxylic acids is 1. The monoisotopic (exact) mass is 525 g/mol. The Hall–Kier alpha value is -3.01. The molecular weight excluding hydrogens is 498 g/mol. The minimum atomic E-state index is -1.94. The number of carbonyl (C=O) groups excluding carboxylic acids is 2. The number of nitrogens with zero attached hydrogens (tertiary/aromatic N) is 2. The largest absolute Gasteiger partial charge is 0.508 e. The van der Waals surface area contributed by atoms with Crippen molar-refractivity contribution >= 4 is 35.8 Å². The van der Waals surface area contributed by atoms with Crippen LogP contribution in [0.1, 0.15) is 18.5 Å². The van der Waals surface area contributed by atoms with Crippen LogP contribution in [0.2, 0.25) is 0 Å². The summed E-state index contributed by atoms with van der Waals surface area (Å²) < 4.78 is 0. The van der Waals surface area contributed by atoms with Crippen molar-refractivity contribution in [1.29, 1.82) is 0 Å². The number of carbonyl (C=O) groups is 3. The van der Waals surface area contributed by atoms with E-state index in [1.165, 1.54) is 36.0 Å². The van der Waals surface area contributed by atoms with Crippen LogP contribution in [0.25, 0.3) is 0 Å². The van der Waals surface area contributed by atoms with E-state index in [-0.39, 0.29) is 17.0 Å². The average Bonchev–Trinajstić information content (AvgIpc) is 2.86. The molecule has 2 amide bonds. The maximum atomic E-state index is 13.1. The molecule has 7 atom stereocenters. The predicted molar refractivity (Wildman–Crippen MR) is 126 cm³/mol. The van der Waals surface area contributed by atoms with Gasteiger partial charge in [-0.25, -0.2) is 4.79 Å². The van der Waals surface area contributed by atoms with Crippen LogP contribution in [0.15, 0.2) is 40.5 Å². The molecule has 13 nitrogen and oxygen atoms in total. The van der Waals surface area contributed by atoms with Gasteiger partial charge in [0.2, 0.25) is 5.91 Å². The standard InChI is InChI=1S/C22H27N3O10S/c1-9-8-36-21-15(20(33)25(21)16(9)22(34)35)24-19(32)14(10-2-4-11(27)5-3-10)23-6-12(28)17(30)18(31)13(29)7-26/h2-6,12-15,17-18,21,26-31H,7-8H2,1H3,(H,24,32)(H,34,35)/t12-,13+,14+,15+,17+,18+,21+/m0/s1. The van der Waals surface area contributed by atoms with Gasteiger partial charge in [-0.3, -0.25) is 19.5 Å². The number of fused-ring (bicyclic) bond motifs is 1. The number of carboxylic acids is 1. The summed E-state index contributed by atoms with van der Waals surface area (Å²) in [6.45, 7) is 0.738. The highest BCUT2D eigenvalue weighted by Gasteiger charge is 2.54. The van der Waals surface area contributed by atoms with Crippen molar-refractivity contribution in [3.8, 4) is 5.75 Å². The number of aromatic hydroxyl groups is 1. The van der Waals surface area contributed by atoms with E-state index < -0.39 is 66.3 Å². The van der Waals surface area contributed by atoms with E-state index in [2.05, 4.69) is 10.3 Å². The van der Waals surface area contributed by atoms with E-state index >= 15 is 0 Å². The molecule has 0 aliphatic carbocycles. The minimum Gasteiger partial charge on any atom is -0.508 e. The molecule has 36 heavy (non-hydrogen) atoms. The van der Waals surface area contributed by atoms with Gasteiger partial charge in [-0.05, 0) is 30.2 Å². The van der Waals surface area contributed by atoms with Crippen molar-refractivity contribution < 1.29 is 50.1 Å². The van der Waals surface area contributed by atoms with Gasteiger partial charge in [-0.1, -0.05) is 12.1 Å². The normalized spacial score (nSPS) is 23.9. The number of rotatable bonds is 10. The first-order valence-corrected chi connectivity index (χ1v) is 11.9. The molecule has 0 bridgehead atoms. The Morgan fingerprint density at radius 3 is 2.42 bits per heavy atom. The molecule has 2 heterocycles. The molecule has 0 aromatic heterocycles. The van der Waals surface area contributed by atoms with Gasteiger partial charge in [-0.2, -0.15) is 0 Å². The molecular formula is C22H27N3O10S. The highest BCUT2D eigenvalue weighted by molar-refractivity contribution is 8.00. The van der Waals surface area contributed by atoms with Gasteiger partial charge in [0.05, 0.1) is 6.61 Å². The van der Waals surface area contributed by atoms with E-state index in [4.69, 9.17) is 5.11 Å². The summed E-state index contributed by atoms with van der Waals surface area (Å²) in [7, 11) is 0. The molecule has 0 spiro atoms. The molecule has 8 N–H and O–H groups in total. The van der Waals surface area contributed by atoms with Crippen LogP contribution in [0.3, 0.4) is 0 Å². The summed E-state index contributed by atoms with van der Waals surface area (Å²) in [5.74, 6) is -2.37. The van der Waals surface area contributed by atoms with Gasteiger partial charge in [0, 0.05) is 12.0 Å². The highest BCUT2D eigenvalue weighted by atomic mass is 32.2. The number of carboxylic acid groups (broad SMARTS) is 1.